The number of aryl methyl sites for hydroxylation is 1. The van der Waals surface area contributed by atoms with Crippen molar-refractivity contribution in [3.8, 4) is 5.69 Å². The van der Waals surface area contributed by atoms with Crippen LogP contribution in [0, 0.1) is 12.7 Å². The first kappa shape index (κ1) is 19.8. The van der Waals surface area contributed by atoms with Crippen LogP contribution < -0.4 is 10.9 Å². The van der Waals surface area contributed by atoms with Crippen LogP contribution in [0.2, 0.25) is 5.02 Å². The van der Waals surface area contributed by atoms with Gasteiger partial charge in [-0.2, -0.15) is 0 Å². The number of halogens is 2. The van der Waals surface area contributed by atoms with Gasteiger partial charge in [-0.05, 0) is 55.0 Å². The van der Waals surface area contributed by atoms with Crippen molar-refractivity contribution in [3.05, 3.63) is 99.3 Å². The summed E-state index contributed by atoms with van der Waals surface area (Å²) in [4.78, 5) is 29.9. The van der Waals surface area contributed by atoms with Crippen LogP contribution in [0.3, 0.4) is 0 Å². The summed E-state index contributed by atoms with van der Waals surface area (Å²) in [6.45, 7) is 1.75. The minimum atomic E-state index is -0.361. The molecule has 1 N–H and O–H groups in total. The number of carbonyl (C=O) groups excluding carboxylic acids is 1. The molecule has 0 spiro atoms. The first-order valence-electron chi connectivity index (χ1n) is 9.25. The molecule has 0 fully saturated rings. The van der Waals surface area contributed by atoms with Crippen molar-refractivity contribution in [1.29, 1.82) is 0 Å². The van der Waals surface area contributed by atoms with Crippen LogP contribution in [0.15, 0.2) is 71.5 Å². The van der Waals surface area contributed by atoms with Gasteiger partial charge in [-0.1, -0.05) is 35.9 Å². The molecule has 7 heteroatoms. The quantitative estimate of drug-likeness (QED) is 0.521. The SMILES string of the molecule is Cc1nc2ccccc2c(=O)n1-c1ccc(Cl)c(NC(=O)Cc2ccc(F)cc2)c1. The Balaban J connectivity index is 1.67. The van der Waals surface area contributed by atoms with Gasteiger partial charge in [0.1, 0.15) is 11.6 Å². The van der Waals surface area contributed by atoms with E-state index in [1.165, 1.54) is 16.7 Å². The zero-order chi connectivity index (χ0) is 21.3. The molecule has 30 heavy (non-hydrogen) atoms. The fourth-order valence-corrected chi connectivity index (χ4v) is 3.44. The number of aromatic nitrogens is 2. The van der Waals surface area contributed by atoms with Crippen LogP contribution in [0.5, 0.6) is 0 Å². The molecule has 0 saturated heterocycles. The number of fused-ring (bicyclic) bond motifs is 1. The zero-order valence-corrected chi connectivity index (χ0v) is 16.8. The fourth-order valence-electron chi connectivity index (χ4n) is 3.28. The molecule has 0 aliphatic rings. The molecule has 0 atom stereocenters. The number of carbonyl (C=O) groups is 1. The van der Waals surface area contributed by atoms with Crippen molar-refractivity contribution in [2.75, 3.05) is 5.32 Å². The molecule has 0 aliphatic heterocycles. The number of amides is 1. The number of para-hydroxylation sites is 1. The van der Waals surface area contributed by atoms with E-state index in [0.29, 0.717) is 38.7 Å². The van der Waals surface area contributed by atoms with Gasteiger partial charge in [0.25, 0.3) is 5.56 Å². The average molecular weight is 422 g/mol. The summed E-state index contributed by atoms with van der Waals surface area (Å²) in [5.74, 6) is -0.148. The molecule has 4 rings (SSSR count). The topological polar surface area (TPSA) is 64.0 Å². The molecule has 0 bridgehead atoms. The number of anilines is 1. The maximum atomic E-state index is 13.0. The third-order valence-corrected chi connectivity index (χ3v) is 5.03. The number of hydrogen-bond acceptors (Lipinski definition) is 3. The number of rotatable bonds is 4. The molecule has 3 aromatic carbocycles. The van der Waals surface area contributed by atoms with E-state index >= 15 is 0 Å². The van der Waals surface area contributed by atoms with Gasteiger partial charge in [-0.3, -0.25) is 14.2 Å². The standard InChI is InChI=1S/C23H17ClFN3O2/c1-14-26-20-5-3-2-4-18(20)23(30)28(14)17-10-11-19(24)21(13-17)27-22(29)12-15-6-8-16(25)9-7-15/h2-11,13H,12H2,1H3,(H,27,29). The van der Waals surface area contributed by atoms with Gasteiger partial charge in [0.05, 0.1) is 33.7 Å². The van der Waals surface area contributed by atoms with Crippen LogP contribution in [-0.2, 0) is 11.2 Å². The summed E-state index contributed by atoms with van der Waals surface area (Å²) >= 11 is 6.26. The summed E-state index contributed by atoms with van der Waals surface area (Å²) < 4.78 is 14.5. The average Bonchev–Trinajstić information content (AvgIpc) is 2.72. The van der Waals surface area contributed by atoms with Gasteiger partial charge in [-0.15, -0.1) is 0 Å². The maximum absolute atomic E-state index is 13.0. The molecule has 0 saturated carbocycles. The minimum Gasteiger partial charge on any atom is -0.324 e. The Kier molecular flexibility index (Phi) is 5.33. The highest BCUT2D eigenvalue weighted by Crippen LogP contribution is 2.25. The summed E-state index contributed by atoms with van der Waals surface area (Å²) in [5, 5.41) is 3.60. The van der Waals surface area contributed by atoms with Gasteiger partial charge in [-0.25, -0.2) is 9.37 Å². The van der Waals surface area contributed by atoms with Gasteiger partial charge < -0.3 is 5.32 Å². The van der Waals surface area contributed by atoms with Crippen molar-refractivity contribution in [2.24, 2.45) is 0 Å². The molecule has 0 radical (unpaired) electrons. The van der Waals surface area contributed by atoms with Crippen molar-refractivity contribution in [2.45, 2.75) is 13.3 Å². The third kappa shape index (κ3) is 3.95. The smallest absolute Gasteiger partial charge is 0.265 e. The second-order valence-electron chi connectivity index (χ2n) is 6.83. The third-order valence-electron chi connectivity index (χ3n) is 4.70. The predicted octanol–water partition coefficient (Wildman–Crippen LogP) is 4.67. The second kappa shape index (κ2) is 8.08. The summed E-state index contributed by atoms with van der Waals surface area (Å²) in [6, 6.07) is 17.8. The lowest BCUT2D eigenvalue weighted by molar-refractivity contribution is -0.115. The molecule has 5 nitrogen and oxygen atoms in total. The minimum absolute atomic E-state index is 0.0668. The van der Waals surface area contributed by atoms with Gasteiger partial charge >= 0.3 is 0 Å². The van der Waals surface area contributed by atoms with Crippen LogP contribution >= 0.6 is 11.6 Å². The fraction of sp³-hybridized carbons (Fsp3) is 0.0870. The van der Waals surface area contributed by atoms with E-state index in [1.807, 2.05) is 6.07 Å². The van der Waals surface area contributed by atoms with Crippen molar-refractivity contribution < 1.29 is 9.18 Å². The normalized spacial score (nSPS) is 10.9. The van der Waals surface area contributed by atoms with E-state index in [4.69, 9.17) is 11.6 Å². The highest BCUT2D eigenvalue weighted by molar-refractivity contribution is 6.33. The molecule has 1 aromatic heterocycles. The molecule has 1 amide bonds. The molecule has 0 unspecified atom stereocenters. The van der Waals surface area contributed by atoms with E-state index in [-0.39, 0.29) is 23.7 Å². The monoisotopic (exact) mass is 421 g/mol. The highest BCUT2D eigenvalue weighted by Gasteiger charge is 2.13. The summed E-state index contributed by atoms with van der Waals surface area (Å²) in [5.41, 5.74) is 2.01. The van der Waals surface area contributed by atoms with Crippen molar-refractivity contribution in [3.63, 3.8) is 0 Å². The second-order valence-corrected chi connectivity index (χ2v) is 7.24. The Labute approximate surface area is 176 Å². The van der Waals surface area contributed by atoms with E-state index in [2.05, 4.69) is 10.3 Å². The lowest BCUT2D eigenvalue weighted by Crippen LogP contribution is -2.22. The summed E-state index contributed by atoms with van der Waals surface area (Å²) in [7, 11) is 0. The number of nitrogens with one attached hydrogen (secondary N) is 1. The maximum Gasteiger partial charge on any atom is 0.265 e. The Bertz CT molecular complexity index is 1320. The molecule has 1 heterocycles. The van der Waals surface area contributed by atoms with Crippen molar-refractivity contribution >= 4 is 34.1 Å². The van der Waals surface area contributed by atoms with Gasteiger partial charge in [0, 0.05) is 0 Å². The van der Waals surface area contributed by atoms with E-state index in [9.17, 15) is 14.0 Å². The van der Waals surface area contributed by atoms with Crippen LogP contribution in [0.1, 0.15) is 11.4 Å². The molecule has 4 aromatic rings. The Morgan fingerprint density at radius 3 is 2.60 bits per heavy atom. The summed E-state index contributed by atoms with van der Waals surface area (Å²) in [6.07, 6.45) is 0.0668. The zero-order valence-electron chi connectivity index (χ0n) is 16.0. The van der Waals surface area contributed by atoms with E-state index in [0.717, 1.165) is 0 Å². The number of benzene rings is 3. The lowest BCUT2D eigenvalue weighted by atomic mass is 10.1. The van der Waals surface area contributed by atoms with Gasteiger partial charge in [0.15, 0.2) is 0 Å². The van der Waals surface area contributed by atoms with Crippen molar-refractivity contribution in [1.82, 2.24) is 9.55 Å². The molecular formula is C23H17ClFN3O2. The molecule has 0 aliphatic carbocycles. The van der Waals surface area contributed by atoms with E-state index < -0.39 is 0 Å². The van der Waals surface area contributed by atoms with Gasteiger partial charge in [0.2, 0.25) is 5.91 Å². The number of nitrogens with zero attached hydrogens (tertiary/aromatic N) is 2. The Hall–Kier alpha value is -3.51. The van der Waals surface area contributed by atoms with Crippen LogP contribution in [0.25, 0.3) is 16.6 Å². The highest BCUT2D eigenvalue weighted by atomic mass is 35.5. The molecule has 150 valence electrons. The first-order valence-corrected chi connectivity index (χ1v) is 9.63. The predicted molar refractivity (Wildman–Crippen MR) is 116 cm³/mol. The Morgan fingerprint density at radius 1 is 1.10 bits per heavy atom. The van der Waals surface area contributed by atoms with E-state index in [1.54, 1.807) is 55.5 Å². The largest absolute Gasteiger partial charge is 0.324 e. The van der Waals surface area contributed by atoms with Crippen LogP contribution in [0.4, 0.5) is 10.1 Å². The van der Waals surface area contributed by atoms with Crippen LogP contribution in [-0.4, -0.2) is 15.5 Å². The molecular weight excluding hydrogens is 405 g/mol. The number of hydrogen-bond donors (Lipinski definition) is 1. The Morgan fingerprint density at radius 2 is 1.83 bits per heavy atom. The first-order chi connectivity index (χ1) is 14.4. The lowest BCUT2D eigenvalue weighted by Gasteiger charge is -2.14.